The lowest BCUT2D eigenvalue weighted by molar-refractivity contribution is -0.143. The van der Waals surface area contributed by atoms with Crippen LogP contribution in [0.4, 0.5) is 0 Å². The van der Waals surface area contributed by atoms with Gasteiger partial charge in [-0.3, -0.25) is 19.1 Å². The van der Waals surface area contributed by atoms with E-state index in [-0.39, 0.29) is 37.6 Å². The quantitative estimate of drug-likeness (QED) is 0.503. The van der Waals surface area contributed by atoms with E-state index in [1.54, 1.807) is 20.8 Å². The largest absolute Gasteiger partial charge is 0.469 e. The molecule has 8 heteroatoms. The predicted octanol–water partition coefficient (Wildman–Crippen LogP) is 2.19. The summed E-state index contributed by atoms with van der Waals surface area (Å²) in [6.45, 7) is 5.46. The smallest absolute Gasteiger partial charge is 0.354 e. The molecule has 1 rings (SSSR count). The minimum absolute atomic E-state index is 0.102. The van der Waals surface area contributed by atoms with Crippen molar-refractivity contribution in [3.05, 3.63) is 0 Å². The van der Waals surface area contributed by atoms with E-state index in [1.165, 1.54) is 7.11 Å². The van der Waals surface area contributed by atoms with E-state index in [4.69, 9.17) is 13.8 Å². The summed E-state index contributed by atoms with van der Waals surface area (Å²) in [5.41, 5.74) is 0.106. The lowest BCUT2D eigenvalue weighted by Crippen LogP contribution is -2.28. The summed E-state index contributed by atoms with van der Waals surface area (Å²) in [5.74, 6) is -2.46. The van der Waals surface area contributed by atoms with Gasteiger partial charge >= 0.3 is 13.6 Å². The molecule has 0 fully saturated rings. The normalized spacial score (nSPS) is 22.0. The zero-order chi connectivity index (χ0) is 16.0. The van der Waals surface area contributed by atoms with Crippen molar-refractivity contribution in [1.82, 2.24) is 0 Å². The van der Waals surface area contributed by atoms with Gasteiger partial charge in [0.25, 0.3) is 0 Å². The Bertz CT molecular complexity index is 465. The van der Waals surface area contributed by atoms with Crippen LogP contribution in [0.1, 0.15) is 33.6 Å². The van der Waals surface area contributed by atoms with Crippen LogP contribution in [-0.4, -0.2) is 43.6 Å². The second-order valence-electron chi connectivity index (χ2n) is 4.46. The fraction of sp³-hybridized carbons (Fsp3) is 0.769. The van der Waals surface area contributed by atoms with Gasteiger partial charge in [-0.15, -0.1) is 0 Å². The van der Waals surface area contributed by atoms with Gasteiger partial charge < -0.3 is 13.8 Å². The molecule has 0 N–H and O–H groups in total. The first-order valence-corrected chi connectivity index (χ1v) is 8.62. The van der Waals surface area contributed by atoms with Gasteiger partial charge in [0.15, 0.2) is 11.6 Å². The molecule has 0 spiro atoms. The number of carbonyl (C=O) groups excluding carboxylic acids is 2. The fourth-order valence-corrected chi connectivity index (χ4v) is 4.07. The zero-order valence-electron chi connectivity index (χ0n) is 12.8. The van der Waals surface area contributed by atoms with Crippen LogP contribution in [0.2, 0.25) is 0 Å². The Hall–Kier alpha value is -1.04. The zero-order valence-corrected chi connectivity index (χ0v) is 13.7. The topological polar surface area (TPSA) is 91.3 Å². The average Bonchev–Trinajstić information content (AvgIpc) is 2.92. The van der Waals surface area contributed by atoms with E-state index in [0.29, 0.717) is 0 Å². The maximum absolute atomic E-state index is 12.7. The highest BCUT2D eigenvalue weighted by Crippen LogP contribution is 2.57. The van der Waals surface area contributed by atoms with Crippen LogP contribution in [0.5, 0.6) is 0 Å². The van der Waals surface area contributed by atoms with Crippen molar-refractivity contribution in [3.63, 3.8) is 0 Å². The Labute approximate surface area is 124 Å². The van der Waals surface area contributed by atoms with Crippen LogP contribution in [0.25, 0.3) is 0 Å². The molecule has 0 saturated heterocycles. The van der Waals surface area contributed by atoms with Crippen molar-refractivity contribution in [2.24, 2.45) is 10.9 Å². The molecular weight excluding hydrogens is 297 g/mol. The molecule has 0 aromatic heterocycles. The van der Waals surface area contributed by atoms with Crippen molar-refractivity contribution in [1.29, 1.82) is 0 Å². The molecule has 2 unspecified atom stereocenters. The molecule has 0 amide bonds. The lowest BCUT2D eigenvalue weighted by Gasteiger charge is -2.21. The summed E-state index contributed by atoms with van der Waals surface area (Å²) in [6.07, 6.45) is 0.317. The SMILES string of the molecule is CCOP(=O)(OCC)C1CC(C(=O)OC)C(C(=O)CC)=N1. The van der Waals surface area contributed by atoms with Gasteiger partial charge in [0, 0.05) is 12.8 Å². The second-order valence-corrected chi connectivity index (χ2v) is 6.65. The molecule has 21 heavy (non-hydrogen) atoms. The van der Waals surface area contributed by atoms with Crippen molar-refractivity contribution in [2.75, 3.05) is 20.3 Å². The summed E-state index contributed by atoms with van der Waals surface area (Å²) in [4.78, 5) is 27.9. The Morgan fingerprint density at radius 3 is 2.24 bits per heavy atom. The third-order valence-corrected chi connectivity index (χ3v) is 5.43. The molecule has 2 atom stereocenters. The van der Waals surface area contributed by atoms with Crippen molar-refractivity contribution >= 4 is 25.1 Å². The Kier molecular flexibility index (Phi) is 6.71. The molecule has 0 aromatic carbocycles. The molecule has 1 heterocycles. The van der Waals surface area contributed by atoms with E-state index in [0.717, 1.165) is 0 Å². The summed E-state index contributed by atoms with van der Waals surface area (Å²) in [5, 5.41) is 0. The third kappa shape index (κ3) is 3.99. The number of hydrogen-bond donors (Lipinski definition) is 0. The van der Waals surface area contributed by atoms with E-state index < -0.39 is 25.3 Å². The number of methoxy groups -OCH3 is 1. The number of aliphatic imine (C=N–C) groups is 1. The number of hydrogen-bond acceptors (Lipinski definition) is 7. The number of carbonyl (C=O) groups is 2. The highest BCUT2D eigenvalue weighted by molar-refractivity contribution is 7.54. The first-order valence-electron chi connectivity index (χ1n) is 7.00. The minimum atomic E-state index is -3.49. The molecule has 7 nitrogen and oxygen atoms in total. The van der Waals surface area contributed by atoms with Crippen LogP contribution in [0.3, 0.4) is 0 Å². The van der Waals surface area contributed by atoms with Crippen LogP contribution < -0.4 is 0 Å². The first-order chi connectivity index (χ1) is 9.93. The number of Topliss-reactive ketones (excluding diaryl/α,β-unsaturated/α-hetero) is 1. The van der Waals surface area contributed by atoms with Gasteiger partial charge in [-0.25, -0.2) is 0 Å². The maximum atomic E-state index is 12.7. The van der Waals surface area contributed by atoms with Crippen LogP contribution >= 0.6 is 7.60 Å². The van der Waals surface area contributed by atoms with Crippen LogP contribution in [0, 0.1) is 5.92 Å². The number of ether oxygens (including phenoxy) is 1. The van der Waals surface area contributed by atoms with Crippen LogP contribution in [-0.2, 0) is 27.9 Å². The fourth-order valence-electron chi connectivity index (χ4n) is 2.19. The molecule has 0 bridgehead atoms. The summed E-state index contributed by atoms with van der Waals surface area (Å²) in [7, 11) is -2.25. The highest BCUT2D eigenvalue weighted by Gasteiger charge is 2.46. The van der Waals surface area contributed by atoms with Crippen molar-refractivity contribution in [2.45, 2.75) is 39.4 Å². The summed E-state index contributed by atoms with van der Waals surface area (Å²) >= 11 is 0. The average molecular weight is 319 g/mol. The van der Waals surface area contributed by atoms with E-state index in [9.17, 15) is 14.2 Å². The van der Waals surface area contributed by atoms with E-state index in [2.05, 4.69) is 4.99 Å². The predicted molar refractivity (Wildman–Crippen MR) is 77.5 cm³/mol. The molecule has 0 aliphatic carbocycles. The Morgan fingerprint density at radius 2 is 1.81 bits per heavy atom. The molecule has 0 aromatic rings. The number of nitrogens with zero attached hydrogens (tertiary/aromatic N) is 1. The number of ketones is 1. The first kappa shape index (κ1) is 18.0. The maximum Gasteiger partial charge on any atom is 0.354 e. The van der Waals surface area contributed by atoms with Crippen LogP contribution in [0.15, 0.2) is 4.99 Å². The van der Waals surface area contributed by atoms with Gasteiger partial charge in [0.1, 0.15) is 5.92 Å². The van der Waals surface area contributed by atoms with Crippen molar-refractivity contribution in [3.8, 4) is 0 Å². The molecule has 0 radical (unpaired) electrons. The highest BCUT2D eigenvalue weighted by atomic mass is 31.2. The molecule has 1 aliphatic heterocycles. The van der Waals surface area contributed by atoms with E-state index in [1.807, 2.05) is 0 Å². The van der Waals surface area contributed by atoms with Gasteiger partial charge in [-0.2, -0.15) is 0 Å². The molecule has 120 valence electrons. The molecule has 1 aliphatic rings. The molecule has 0 saturated carbocycles. The van der Waals surface area contributed by atoms with E-state index >= 15 is 0 Å². The minimum Gasteiger partial charge on any atom is -0.469 e. The Balaban J connectivity index is 3.10. The Morgan fingerprint density at radius 1 is 1.24 bits per heavy atom. The summed E-state index contributed by atoms with van der Waals surface area (Å²) in [6, 6.07) is 0. The monoisotopic (exact) mass is 319 g/mol. The second kappa shape index (κ2) is 7.82. The van der Waals surface area contributed by atoms with Crippen molar-refractivity contribution < 1.29 is 27.9 Å². The summed E-state index contributed by atoms with van der Waals surface area (Å²) < 4.78 is 27.9. The standard InChI is InChI=1S/C13H22NO6P/c1-5-10(15)12-9(13(16)18-4)8-11(14-12)21(17,19-6-2)20-7-3/h9,11H,5-8H2,1-4H3. The number of esters is 1. The van der Waals surface area contributed by atoms with Gasteiger partial charge in [-0.05, 0) is 13.8 Å². The third-order valence-electron chi connectivity index (χ3n) is 3.14. The van der Waals surface area contributed by atoms with Gasteiger partial charge in [0.2, 0.25) is 0 Å². The molecular formula is C13H22NO6P. The van der Waals surface area contributed by atoms with Gasteiger partial charge in [-0.1, -0.05) is 6.92 Å². The lowest BCUT2D eigenvalue weighted by atomic mass is 9.98. The van der Waals surface area contributed by atoms with Gasteiger partial charge in [0.05, 0.1) is 26.0 Å². The number of rotatable bonds is 8.